The highest BCUT2D eigenvalue weighted by molar-refractivity contribution is 6.02. The number of phenolic OH excluding ortho intramolecular Hbond substituents is 1. The predicted molar refractivity (Wildman–Crippen MR) is 92.7 cm³/mol. The molecule has 23 heavy (non-hydrogen) atoms. The lowest BCUT2D eigenvalue weighted by atomic mass is 9.81. The van der Waals surface area contributed by atoms with Crippen LogP contribution >= 0.6 is 0 Å². The minimum atomic E-state index is -0.370. The number of carbonyl (C=O) groups is 1. The van der Waals surface area contributed by atoms with Gasteiger partial charge in [0, 0.05) is 5.71 Å². The van der Waals surface area contributed by atoms with Crippen molar-refractivity contribution < 1.29 is 9.90 Å². The van der Waals surface area contributed by atoms with Crippen LogP contribution in [0.3, 0.4) is 0 Å². The first-order chi connectivity index (χ1) is 11.1. The number of benzene rings is 2. The summed E-state index contributed by atoms with van der Waals surface area (Å²) in [6.45, 7) is 4.29. The molecule has 120 valence electrons. The van der Waals surface area contributed by atoms with Crippen LogP contribution in [-0.2, 0) is 0 Å². The molecule has 0 aromatic heterocycles. The standard InChI is InChI=1S/C19H22N2O2/c1-12-6-5-7-13(2)18(12)20-21-19(23)16-10-14-8-3-4-9-15(14)11-17(16)22/h3-4,8-13,22H,5-7H2,1-2H3,(H,21,23)/t12-,13-/m1/s1. The van der Waals surface area contributed by atoms with Gasteiger partial charge in [-0.1, -0.05) is 44.5 Å². The summed E-state index contributed by atoms with van der Waals surface area (Å²) in [5.41, 5.74) is 3.92. The molecule has 0 heterocycles. The van der Waals surface area contributed by atoms with Gasteiger partial charge in [0.05, 0.1) is 5.56 Å². The van der Waals surface area contributed by atoms with E-state index in [1.54, 1.807) is 12.1 Å². The molecule has 0 bridgehead atoms. The third-order valence-electron chi connectivity index (χ3n) is 4.68. The van der Waals surface area contributed by atoms with E-state index in [9.17, 15) is 9.90 Å². The first-order valence-electron chi connectivity index (χ1n) is 8.16. The minimum absolute atomic E-state index is 0.0221. The fourth-order valence-corrected chi connectivity index (χ4v) is 3.32. The average Bonchev–Trinajstić information content (AvgIpc) is 2.53. The van der Waals surface area contributed by atoms with Crippen LogP contribution in [0.2, 0.25) is 0 Å². The summed E-state index contributed by atoms with van der Waals surface area (Å²) in [7, 11) is 0. The molecule has 0 spiro atoms. The van der Waals surface area contributed by atoms with Gasteiger partial charge in [-0.25, -0.2) is 5.43 Å². The summed E-state index contributed by atoms with van der Waals surface area (Å²) in [4.78, 5) is 12.4. The zero-order valence-corrected chi connectivity index (χ0v) is 13.5. The Morgan fingerprint density at radius 1 is 1.13 bits per heavy atom. The van der Waals surface area contributed by atoms with Gasteiger partial charge < -0.3 is 5.11 Å². The summed E-state index contributed by atoms with van der Waals surface area (Å²) in [6.07, 6.45) is 3.43. The van der Waals surface area contributed by atoms with E-state index < -0.39 is 0 Å². The van der Waals surface area contributed by atoms with Crippen molar-refractivity contribution in [3.05, 3.63) is 42.0 Å². The summed E-state index contributed by atoms with van der Waals surface area (Å²) in [5.74, 6) is 0.394. The van der Waals surface area contributed by atoms with E-state index in [1.165, 1.54) is 6.42 Å². The first kappa shape index (κ1) is 15.5. The molecule has 1 aliphatic rings. The SMILES string of the molecule is C[C@@H]1CCC[C@@H](C)C1=NNC(=O)c1cc2ccccc2cc1O. The molecule has 4 nitrogen and oxygen atoms in total. The Labute approximate surface area is 136 Å². The Morgan fingerprint density at radius 2 is 1.74 bits per heavy atom. The number of amides is 1. The van der Waals surface area contributed by atoms with Crippen LogP contribution in [0, 0.1) is 11.8 Å². The third-order valence-corrected chi connectivity index (χ3v) is 4.68. The smallest absolute Gasteiger partial charge is 0.275 e. The zero-order chi connectivity index (χ0) is 16.4. The van der Waals surface area contributed by atoms with Crippen LogP contribution in [-0.4, -0.2) is 16.7 Å². The Balaban J connectivity index is 1.84. The maximum atomic E-state index is 12.4. The second-order valence-electron chi connectivity index (χ2n) is 6.43. The van der Waals surface area contributed by atoms with Gasteiger partial charge >= 0.3 is 0 Å². The molecule has 0 radical (unpaired) electrons. The molecule has 1 aliphatic carbocycles. The molecular formula is C19H22N2O2. The molecule has 0 aliphatic heterocycles. The third kappa shape index (κ3) is 3.21. The molecule has 4 heteroatoms. The van der Waals surface area contributed by atoms with E-state index in [0.29, 0.717) is 11.8 Å². The van der Waals surface area contributed by atoms with Gasteiger partial charge in [-0.2, -0.15) is 5.10 Å². The van der Waals surface area contributed by atoms with Crippen LogP contribution in [0.1, 0.15) is 43.5 Å². The highest BCUT2D eigenvalue weighted by Gasteiger charge is 2.23. The normalized spacial score (nSPS) is 21.2. The second kappa shape index (κ2) is 6.41. The summed E-state index contributed by atoms with van der Waals surface area (Å²) in [6, 6.07) is 11.0. The quantitative estimate of drug-likeness (QED) is 0.821. The summed E-state index contributed by atoms with van der Waals surface area (Å²) in [5, 5.41) is 16.3. The molecule has 0 saturated heterocycles. The lowest BCUT2D eigenvalue weighted by Gasteiger charge is -2.26. The number of nitrogens with one attached hydrogen (secondary N) is 1. The molecule has 2 aromatic carbocycles. The first-order valence-corrected chi connectivity index (χ1v) is 8.16. The highest BCUT2D eigenvalue weighted by Crippen LogP contribution is 2.27. The van der Waals surface area contributed by atoms with Crippen molar-refractivity contribution in [2.45, 2.75) is 33.1 Å². The van der Waals surface area contributed by atoms with Crippen LogP contribution in [0.5, 0.6) is 5.75 Å². The number of hydrogen-bond donors (Lipinski definition) is 2. The lowest BCUT2D eigenvalue weighted by Crippen LogP contribution is -2.29. The van der Waals surface area contributed by atoms with Gasteiger partial charge in [0.25, 0.3) is 5.91 Å². The zero-order valence-electron chi connectivity index (χ0n) is 13.5. The second-order valence-corrected chi connectivity index (χ2v) is 6.43. The average molecular weight is 310 g/mol. The fourth-order valence-electron chi connectivity index (χ4n) is 3.32. The largest absolute Gasteiger partial charge is 0.507 e. The van der Waals surface area contributed by atoms with Crippen LogP contribution in [0.15, 0.2) is 41.5 Å². The van der Waals surface area contributed by atoms with Crippen molar-refractivity contribution in [1.29, 1.82) is 0 Å². The Bertz CT molecular complexity index is 755. The van der Waals surface area contributed by atoms with E-state index in [4.69, 9.17) is 0 Å². The number of rotatable bonds is 2. The number of hydrogen-bond acceptors (Lipinski definition) is 3. The van der Waals surface area contributed by atoms with Gasteiger partial charge in [-0.05, 0) is 47.6 Å². The van der Waals surface area contributed by atoms with Crippen LogP contribution in [0.25, 0.3) is 10.8 Å². The number of hydrazone groups is 1. The highest BCUT2D eigenvalue weighted by atomic mass is 16.3. The van der Waals surface area contributed by atoms with Crippen LogP contribution < -0.4 is 5.43 Å². The van der Waals surface area contributed by atoms with E-state index in [2.05, 4.69) is 24.4 Å². The maximum absolute atomic E-state index is 12.4. The van der Waals surface area contributed by atoms with E-state index in [-0.39, 0.29) is 17.2 Å². The molecule has 1 saturated carbocycles. The van der Waals surface area contributed by atoms with E-state index in [0.717, 1.165) is 29.3 Å². The van der Waals surface area contributed by atoms with Crippen molar-refractivity contribution in [3.8, 4) is 5.75 Å². The molecule has 1 fully saturated rings. The van der Waals surface area contributed by atoms with Crippen molar-refractivity contribution in [2.75, 3.05) is 0 Å². The number of carbonyl (C=O) groups excluding carboxylic acids is 1. The van der Waals surface area contributed by atoms with E-state index >= 15 is 0 Å². The van der Waals surface area contributed by atoms with Gasteiger partial charge in [-0.15, -0.1) is 0 Å². The molecule has 0 unspecified atom stereocenters. The maximum Gasteiger partial charge on any atom is 0.275 e. The summed E-state index contributed by atoms with van der Waals surface area (Å²) < 4.78 is 0. The van der Waals surface area contributed by atoms with Crippen molar-refractivity contribution >= 4 is 22.4 Å². The van der Waals surface area contributed by atoms with Crippen LogP contribution in [0.4, 0.5) is 0 Å². The number of phenols is 1. The minimum Gasteiger partial charge on any atom is -0.507 e. The molecule has 3 rings (SSSR count). The predicted octanol–water partition coefficient (Wildman–Crippen LogP) is 4.09. The van der Waals surface area contributed by atoms with Crippen molar-refractivity contribution in [1.82, 2.24) is 5.43 Å². The molecule has 1 amide bonds. The molecular weight excluding hydrogens is 288 g/mol. The van der Waals surface area contributed by atoms with Crippen molar-refractivity contribution in [2.24, 2.45) is 16.9 Å². The lowest BCUT2D eigenvalue weighted by molar-refractivity contribution is 0.0951. The number of nitrogens with zero attached hydrogens (tertiary/aromatic N) is 1. The molecule has 2 aromatic rings. The number of fused-ring (bicyclic) bond motifs is 1. The van der Waals surface area contributed by atoms with Gasteiger partial charge in [0.15, 0.2) is 0 Å². The topological polar surface area (TPSA) is 61.7 Å². The fraction of sp³-hybridized carbons (Fsp3) is 0.368. The Morgan fingerprint density at radius 3 is 2.39 bits per heavy atom. The van der Waals surface area contributed by atoms with Gasteiger partial charge in [-0.3, -0.25) is 4.79 Å². The van der Waals surface area contributed by atoms with Crippen molar-refractivity contribution in [3.63, 3.8) is 0 Å². The number of aromatic hydroxyl groups is 1. The molecule has 2 atom stereocenters. The Hall–Kier alpha value is -2.36. The van der Waals surface area contributed by atoms with Gasteiger partial charge in [0.1, 0.15) is 5.75 Å². The summed E-state index contributed by atoms with van der Waals surface area (Å²) >= 11 is 0. The Kier molecular flexibility index (Phi) is 4.33. The monoisotopic (exact) mass is 310 g/mol. The van der Waals surface area contributed by atoms with E-state index in [1.807, 2.05) is 24.3 Å². The molecule has 2 N–H and O–H groups in total. The van der Waals surface area contributed by atoms with Gasteiger partial charge in [0.2, 0.25) is 0 Å².